The maximum Gasteiger partial charge on any atom is 0.339 e. The Balaban J connectivity index is 2.57. The highest BCUT2D eigenvalue weighted by atomic mass is 16.4. The van der Waals surface area contributed by atoms with E-state index in [0.29, 0.717) is 0 Å². The monoisotopic (exact) mass is 295 g/mol. The van der Waals surface area contributed by atoms with Crippen LogP contribution in [0.5, 0.6) is 5.75 Å². The summed E-state index contributed by atoms with van der Waals surface area (Å²) in [5, 5.41) is 25.5. The lowest BCUT2D eigenvalue weighted by atomic mass is 10.2. The molecule has 0 aliphatic heterocycles. The Morgan fingerprint density at radius 1 is 1.24 bits per heavy atom. The summed E-state index contributed by atoms with van der Waals surface area (Å²) in [5.41, 5.74) is -0.141. The van der Waals surface area contributed by atoms with Crippen LogP contribution >= 0.6 is 0 Å². The second-order valence-electron chi connectivity index (χ2n) is 4.57. The largest absolute Gasteiger partial charge is 0.507 e. The van der Waals surface area contributed by atoms with E-state index in [2.05, 4.69) is 16.0 Å². The van der Waals surface area contributed by atoms with E-state index in [0.717, 1.165) is 12.1 Å². The van der Waals surface area contributed by atoms with Gasteiger partial charge in [-0.25, -0.2) is 9.59 Å². The van der Waals surface area contributed by atoms with E-state index in [1.54, 1.807) is 13.8 Å². The number of aromatic hydroxyl groups is 1. The van der Waals surface area contributed by atoms with Gasteiger partial charge in [0.25, 0.3) is 0 Å². The van der Waals surface area contributed by atoms with Crippen LogP contribution in [-0.2, 0) is 4.79 Å². The van der Waals surface area contributed by atoms with Gasteiger partial charge in [0.15, 0.2) is 0 Å². The number of carboxylic acid groups (broad SMARTS) is 1. The molecule has 0 spiro atoms. The molecule has 0 aliphatic rings. The van der Waals surface area contributed by atoms with Crippen LogP contribution < -0.4 is 16.0 Å². The summed E-state index contributed by atoms with van der Waals surface area (Å²) in [6.07, 6.45) is 0. The first-order valence-electron chi connectivity index (χ1n) is 6.20. The third-order valence-electron chi connectivity index (χ3n) is 2.34. The van der Waals surface area contributed by atoms with Gasteiger partial charge in [0, 0.05) is 11.7 Å². The molecule has 5 N–H and O–H groups in total. The van der Waals surface area contributed by atoms with Crippen molar-refractivity contribution in [3.63, 3.8) is 0 Å². The van der Waals surface area contributed by atoms with Crippen molar-refractivity contribution in [2.45, 2.75) is 19.9 Å². The van der Waals surface area contributed by atoms with E-state index in [1.165, 1.54) is 6.07 Å². The molecule has 1 aromatic carbocycles. The van der Waals surface area contributed by atoms with Crippen molar-refractivity contribution in [3.05, 3.63) is 23.8 Å². The van der Waals surface area contributed by atoms with Gasteiger partial charge in [-0.2, -0.15) is 0 Å². The third-order valence-corrected chi connectivity index (χ3v) is 2.34. The van der Waals surface area contributed by atoms with Gasteiger partial charge in [-0.15, -0.1) is 0 Å². The molecule has 114 valence electrons. The zero-order valence-corrected chi connectivity index (χ0v) is 11.6. The predicted octanol–water partition coefficient (Wildman–Crippen LogP) is 0.736. The summed E-state index contributed by atoms with van der Waals surface area (Å²) in [6, 6.07) is 2.93. The van der Waals surface area contributed by atoms with Gasteiger partial charge in [-0.05, 0) is 32.0 Å². The van der Waals surface area contributed by atoms with Crippen LogP contribution in [0.1, 0.15) is 24.2 Å². The summed E-state index contributed by atoms with van der Waals surface area (Å²) in [4.78, 5) is 33.7. The van der Waals surface area contributed by atoms with E-state index in [-0.39, 0.29) is 29.7 Å². The predicted molar refractivity (Wildman–Crippen MR) is 75.4 cm³/mol. The lowest BCUT2D eigenvalue weighted by Crippen LogP contribution is -2.41. The van der Waals surface area contributed by atoms with Crippen LogP contribution in [0.3, 0.4) is 0 Å². The second-order valence-corrected chi connectivity index (χ2v) is 4.57. The maximum absolute atomic E-state index is 11.6. The molecule has 0 bridgehead atoms. The first-order valence-corrected chi connectivity index (χ1v) is 6.20. The zero-order chi connectivity index (χ0) is 16.0. The molecule has 1 rings (SSSR count). The van der Waals surface area contributed by atoms with Crippen LogP contribution in [-0.4, -0.2) is 40.7 Å². The highest BCUT2D eigenvalue weighted by Crippen LogP contribution is 2.21. The number of amides is 3. The number of anilines is 1. The smallest absolute Gasteiger partial charge is 0.339 e. The maximum atomic E-state index is 11.6. The Labute approximate surface area is 121 Å². The molecule has 8 nitrogen and oxygen atoms in total. The van der Waals surface area contributed by atoms with E-state index >= 15 is 0 Å². The fourth-order valence-electron chi connectivity index (χ4n) is 1.49. The van der Waals surface area contributed by atoms with Gasteiger partial charge in [0.2, 0.25) is 5.91 Å². The topological polar surface area (TPSA) is 128 Å². The van der Waals surface area contributed by atoms with Crippen molar-refractivity contribution in [3.8, 4) is 5.75 Å². The standard InChI is InChI=1S/C13H17N3O5/c1-7(2)15-11(18)6-14-13(21)16-8-3-4-10(17)9(5-8)12(19)20/h3-5,7,17H,6H2,1-2H3,(H,15,18)(H,19,20)(H2,14,16,21). The quantitative estimate of drug-likeness (QED) is 0.512. The summed E-state index contributed by atoms with van der Waals surface area (Å²) in [5.74, 6) is -2.05. The van der Waals surface area contributed by atoms with Gasteiger partial charge < -0.3 is 26.2 Å². The molecular weight excluding hydrogens is 278 g/mol. The Bertz CT molecular complexity index is 557. The summed E-state index contributed by atoms with van der Waals surface area (Å²) >= 11 is 0. The molecule has 8 heteroatoms. The van der Waals surface area contributed by atoms with Gasteiger partial charge in [0.05, 0.1) is 6.54 Å². The minimum absolute atomic E-state index is 0.0300. The number of aromatic carboxylic acids is 1. The SMILES string of the molecule is CC(C)NC(=O)CNC(=O)Nc1ccc(O)c(C(=O)O)c1. The number of hydrogen-bond acceptors (Lipinski definition) is 4. The number of carbonyl (C=O) groups is 3. The minimum Gasteiger partial charge on any atom is -0.507 e. The normalized spacial score (nSPS) is 10.0. The summed E-state index contributed by atoms with van der Waals surface area (Å²) < 4.78 is 0. The fourth-order valence-corrected chi connectivity index (χ4v) is 1.49. The number of nitrogens with one attached hydrogen (secondary N) is 3. The van der Waals surface area contributed by atoms with Gasteiger partial charge in [0.1, 0.15) is 11.3 Å². The average Bonchev–Trinajstić information content (AvgIpc) is 2.37. The van der Waals surface area contributed by atoms with Crippen molar-refractivity contribution in [2.24, 2.45) is 0 Å². The molecule has 0 saturated carbocycles. The number of rotatable bonds is 5. The van der Waals surface area contributed by atoms with Gasteiger partial charge in [-0.1, -0.05) is 0 Å². The molecule has 21 heavy (non-hydrogen) atoms. The number of carboxylic acids is 1. The molecule has 0 saturated heterocycles. The van der Waals surface area contributed by atoms with Crippen LogP contribution in [0, 0.1) is 0 Å². The van der Waals surface area contributed by atoms with Crippen molar-refractivity contribution in [1.82, 2.24) is 10.6 Å². The van der Waals surface area contributed by atoms with Gasteiger partial charge in [-0.3, -0.25) is 4.79 Å². The lowest BCUT2D eigenvalue weighted by Gasteiger charge is -2.10. The summed E-state index contributed by atoms with van der Waals surface area (Å²) in [6.45, 7) is 3.39. The van der Waals surface area contributed by atoms with Crippen LogP contribution in [0.2, 0.25) is 0 Å². The Morgan fingerprint density at radius 3 is 2.48 bits per heavy atom. The van der Waals surface area contributed by atoms with E-state index < -0.39 is 17.7 Å². The Hall–Kier alpha value is -2.77. The minimum atomic E-state index is -1.31. The molecule has 0 atom stereocenters. The molecule has 3 amide bonds. The van der Waals surface area contributed by atoms with Crippen LogP contribution in [0.15, 0.2) is 18.2 Å². The first-order chi connectivity index (χ1) is 9.79. The zero-order valence-electron chi connectivity index (χ0n) is 11.6. The molecule has 0 radical (unpaired) electrons. The average molecular weight is 295 g/mol. The first kappa shape index (κ1) is 16.3. The molecule has 1 aromatic rings. The Morgan fingerprint density at radius 2 is 1.90 bits per heavy atom. The molecule has 0 fully saturated rings. The Kier molecular flexibility index (Phi) is 5.53. The summed E-state index contributed by atoms with van der Waals surface area (Å²) in [7, 11) is 0. The molecule has 0 unspecified atom stereocenters. The van der Waals surface area contributed by atoms with Crippen LogP contribution in [0.4, 0.5) is 10.5 Å². The third kappa shape index (κ3) is 5.39. The van der Waals surface area contributed by atoms with Gasteiger partial charge >= 0.3 is 12.0 Å². The molecule has 0 aliphatic carbocycles. The lowest BCUT2D eigenvalue weighted by molar-refractivity contribution is -0.120. The number of carbonyl (C=O) groups excluding carboxylic acids is 2. The molecule has 0 aromatic heterocycles. The second kappa shape index (κ2) is 7.13. The highest BCUT2D eigenvalue weighted by molar-refractivity contribution is 5.96. The molecule has 0 heterocycles. The molecular formula is C13H17N3O5. The van der Waals surface area contributed by atoms with E-state index in [9.17, 15) is 19.5 Å². The van der Waals surface area contributed by atoms with E-state index in [1.807, 2.05) is 0 Å². The van der Waals surface area contributed by atoms with Crippen molar-refractivity contribution in [1.29, 1.82) is 0 Å². The van der Waals surface area contributed by atoms with Crippen molar-refractivity contribution >= 4 is 23.6 Å². The van der Waals surface area contributed by atoms with Crippen LogP contribution in [0.25, 0.3) is 0 Å². The van der Waals surface area contributed by atoms with E-state index in [4.69, 9.17) is 5.11 Å². The fraction of sp³-hybridized carbons (Fsp3) is 0.308. The highest BCUT2D eigenvalue weighted by Gasteiger charge is 2.12. The number of urea groups is 1. The van der Waals surface area contributed by atoms with Crippen molar-refractivity contribution in [2.75, 3.05) is 11.9 Å². The number of phenols is 1. The number of benzene rings is 1. The van der Waals surface area contributed by atoms with Crippen molar-refractivity contribution < 1.29 is 24.6 Å². The number of hydrogen-bond donors (Lipinski definition) is 5.